The number of anilines is 1. The third-order valence-corrected chi connectivity index (χ3v) is 5.74. The predicted octanol–water partition coefficient (Wildman–Crippen LogP) is 4.12. The Kier molecular flexibility index (Phi) is 5.08. The van der Waals surface area contributed by atoms with E-state index in [0.717, 1.165) is 28.0 Å². The summed E-state index contributed by atoms with van der Waals surface area (Å²) in [5, 5.41) is 4.50. The van der Waals surface area contributed by atoms with Gasteiger partial charge in [0.2, 0.25) is 0 Å². The zero-order valence-corrected chi connectivity index (χ0v) is 16.6. The van der Waals surface area contributed by atoms with E-state index in [1.165, 1.54) is 16.6 Å². The van der Waals surface area contributed by atoms with Gasteiger partial charge in [0.1, 0.15) is 7.28 Å². The van der Waals surface area contributed by atoms with Crippen LogP contribution in [0, 0.1) is 13.8 Å². The molecule has 2 aromatic carbocycles. The maximum atomic E-state index is 4.90. The molecule has 1 aliphatic rings. The van der Waals surface area contributed by atoms with Crippen molar-refractivity contribution in [1.29, 1.82) is 0 Å². The van der Waals surface area contributed by atoms with Gasteiger partial charge in [-0.2, -0.15) is 0 Å². The number of rotatable bonds is 4. The average molecular weight is 373 g/mol. The Morgan fingerprint density at radius 1 is 1.15 bits per heavy atom. The van der Waals surface area contributed by atoms with Crippen LogP contribution in [0.1, 0.15) is 22.9 Å². The fraction of sp³-hybridized carbons (Fsp3) is 0.238. The molecule has 1 aliphatic heterocycles. The van der Waals surface area contributed by atoms with Gasteiger partial charge in [-0.3, -0.25) is 4.99 Å². The Bertz CT molecular complexity index is 978. The first-order valence-electron chi connectivity index (χ1n) is 9.11. The summed E-state index contributed by atoms with van der Waals surface area (Å²) in [7, 11) is 2.11. The molecule has 0 saturated carbocycles. The fourth-order valence-electron chi connectivity index (χ4n) is 3.11. The summed E-state index contributed by atoms with van der Waals surface area (Å²) in [6.07, 6.45) is 3.88. The maximum Gasteiger partial charge on any atom is 0.161 e. The van der Waals surface area contributed by atoms with Crippen LogP contribution in [0.25, 0.3) is 5.69 Å². The number of nitrogens with zero attached hydrogens (tertiary/aromatic N) is 3. The minimum atomic E-state index is 0.192. The van der Waals surface area contributed by atoms with Crippen LogP contribution in [-0.2, 0) is 0 Å². The van der Waals surface area contributed by atoms with Gasteiger partial charge in [-0.1, -0.05) is 48.3 Å². The number of benzene rings is 2. The van der Waals surface area contributed by atoms with E-state index < -0.39 is 0 Å². The largest absolute Gasteiger partial charge is 0.335 e. The van der Waals surface area contributed by atoms with Crippen LogP contribution in [0.3, 0.4) is 0 Å². The highest BCUT2D eigenvalue weighted by Gasteiger charge is 2.20. The molecule has 2 heterocycles. The molecule has 0 aliphatic carbocycles. The second-order valence-electron chi connectivity index (χ2n) is 6.76. The summed E-state index contributed by atoms with van der Waals surface area (Å²) in [6, 6.07) is 15.2. The Labute approximate surface area is 165 Å². The van der Waals surface area contributed by atoms with Crippen LogP contribution in [0.2, 0.25) is 6.82 Å². The van der Waals surface area contributed by atoms with Crippen LogP contribution < -0.4 is 10.8 Å². The molecular weight excluding hydrogens is 351 g/mol. The van der Waals surface area contributed by atoms with Gasteiger partial charge < -0.3 is 9.88 Å². The van der Waals surface area contributed by atoms with Crippen LogP contribution in [0.4, 0.5) is 5.69 Å². The number of aliphatic imine (C=N–C) groups is 1. The van der Waals surface area contributed by atoms with E-state index in [9.17, 15) is 0 Å². The van der Waals surface area contributed by atoms with E-state index >= 15 is 0 Å². The minimum Gasteiger partial charge on any atom is -0.335 e. The molecular formula is C21H22BN4S. The smallest absolute Gasteiger partial charge is 0.161 e. The summed E-state index contributed by atoms with van der Waals surface area (Å²) in [4.78, 5) is 9.19. The van der Waals surface area contributed by atoms with Crippen LogP contribution in [0.5, 0.6) is 0 Å². The monoisotopic (exact) mass is 373 g/mol. The number of thioether (sulfide) groups is 1. The molecule has 1 aromatic heterocycles. The maximum absolute atomic E-state index is 4.90. The van der Waals surface area contributed by atoms with Crippen molar-refractivity contribution < 1.29 is 0 Å². The van der Waals surface area contributed by atoms with E-state index in [1.54, 1.807) is 11.8 Å². The van der Waals surface area contributed by atoms with E-state index in [-0.39, 0.29) is 6.04 Å². The topological polar surface area (TPSA) is 42.2 Å². The molecule has 1 atom stereocenters. The molecule has 3 aromatic rings. The molecule has 0 fully saturated rings. The Hall–Kier alpha value is -2.47. The lowest BCUT2D eigenvalue weighted by atomic mass is 9.73. The summed E-state index contributed by atoms with van der Waals surface area (Å²) in [5.41, 5.74) is 6.96. The number of imidazole rings is 1. The second-order valence-corrected chi connectivity index (χ2v) is 7.77. The van der Waals surface area contributed by atoms with Gasteiger partial charge in [0, 0.05) is 23.3 Å². The van der Waals surface area contributed by atoms with Crippen molar-refractivity contribution in [2.24, 2.45) is 4.99 Å². The highest BCUT2D eigenvalue weighted by Crippen LogP contribution is 2.31. The Morgan fingerprint density at radius 2 is 1.96 bits per heavy atom. The first-order chi connectivity index (χ1) is 13.1. The number of hydrogen-bond donors (Lipinski definition) is 1. The van der Waals surface area contributed by atoms with E-state index in [0.29, 0.717) is 0 Å². The van der Waals surface area contributed by atoms with Crippen LogP contribution >= 0.6 is 11.8 Å². The zero-order chi connectivity index (χ0) is 18.8. The summed E-state index contributed by atoms with van der Waals surface area (Å²) >= 11 is 1.78. The SMILES string of the molecule is C[B]c1ccc(C)c(NC2=NC(c3ccc(-n4cnc(C)c4)cc3)CS2)c1. The summed E-state index contributed by atoms with van der Waals surface area (Å²) < 4.78 is 2.04. The van der Waals surface area contributed by atoms with Crippen molar-refractivity contribution in [3.63, 3.8) is 0 Å². The lowest BCUT2D eigenvalue weighted by molar-refractivity contribution is 0.848. The standard InChI is InChI=1S/C21H22BN4S/c1-14-4-7-17(22-3)10-19(14)24-21-25-20(12-27-21)16-5-8-18(9-6-16)26-11-15(2)23-13-26/h4-11,13,20H,12H2,1-3H3,(H,24,25). The number of amidine groups is 1. The van der Waals surface area contributed by atoms with Crippen LogP contribution in [0.15, 0.2) is 60.0 Å². The van der Waals surface area contributed by atoms with Crippen molar-refractivity contribution in [1.82, 2.24) is 9.55 Å². The quantitative estimate of drug-likeness (QED) is 0.700. The third-order valence-electron chi connectivity index (χ3n) is 4.78. The average Bonchev–Trinajstić information content (AvgIpc) is 3.33. The van der Waals surface area contributed by atoms with E-state index in [4.69, 9.17) is 4.99 Å². The molecule has 0 saturated heterocycles. The molecule has 1 unspecified atom stereocenters. The Morgan fingerprint density at radius 3 is 2.67 bits per heavy atom. The van der Waals surface area contributed by atoms with Gasteiger partial charge >= 0.3 is 0 Å². The molecule has 0 spiro atoms. The van der Waals surface area contributed by atoms with Crippen molar-refractivity contribution in [2.75, 3.05) is 11.1 Å². The fourth-order valence-corrected chi connectivity index (χ4v) is 4.08. The highest BCUT2D eigenvalue weighted by molar-refractivity contribution is 8.14. The molecule has 1 radical (unpaired) electrons. The van der Waals surface area contributed by atoms with Crippen molar-refractivity contribution >= 4 is 35.4 Å². The summed E-state index contributed by atoms with van der Waals surface area (Å²) in [6.45, 7) is 6.18. The molecule has 1 N–H and O–H groups in total. The lowest BCUT2D eigenvalue weighted by Crippen LogP contribution is -2.14. The van der Waals surface area contributed by atoms with Gasteiger partial charge in [0.15, 0.2) is 5.17 Å². The molecule has 0 amide bonds. The molecule has 4 rings (SSSR count). The highest BCUT2D eigenvalue weighted by atomic mass is 32.2. The van der Waals surface area contributed by atoms with Gasteiger partial charge in [-0.05, 0) is 43.2 Å². The predicted molar refractivity (Wildman–Crippen MR) is 117 cm³/mol. The third kappa shape index (κ3) is 3.95. The normalized spacial score (nSPS) is 16.3. The number of aryl methyl sites for hydroxylation is 2. The first-order valence-corrected chi connectivity index (χ1v) is 10.1. The lowest BCUT2D eigenvalue weighted by Gasteiger charge is -2.10. The van der Waals surface area contributed by atoms with Crippen molar-refractivity contribution in [3.8, 4) is 5.69 Å². The van der Waals surface area contributed by atoms with E-state index in [2.05, 4.69) is 73.8 Å². The first kappa shape index (κ1) is 17.9. The van der Waals surface area contributed by atoms with Crippen molar-refractivity contribution in [3.05, 3.63) is 71.8 Å². The van der Waals surface area contributed by atoms with Gasteiger partial charge in [-0.25, -0.2) is 4.98 Å². The molecule has 6 heteroatoms. The second kappa shape index (κ2) is 7.65. The van der Waals surface area contributed by atoms with E-state index in [1.807, 2.05) is 24.0 Å². The van der Waals surface area contributed by atoms with Gasteiger partial charge in [-0.15, -0.1) is 0 Å². The molecule has 4 nitrogen and oxygen atoms in total. The Balaban J connectivity index is 1.49. The van der Waals surface area contributed by atoms with Crippen molar-refractivity contribution in [2.45, 2.75) is 26.7 Å². The number of aromatic nitrogens is 2. The summed E-state index contributed by atoms with van der Waals surface area (Å²) in [5.74, 6) is 0.963. The van der Waals surface area contributed by atoms with Crippen LogP contribution in [-0.4, -0.2) is 27.8 Å². The minimum absolute atomic E-state index is 0.192. The molecule has 0 bridgehead atoms. The molecule has 27 heavy (non-hydrogen) atoms. The van der Waals surface area contributed by atoms with Gasteiger partial charge in [0.25, 0.3) is 0 Å². The zero-order valence-electron chi connectivity index (χ0n) is 15.8. The molecule has 135 valence electrons. The number of nitrogens with one attached hydrogen (secondary N) is 1. The number of hydrogen-bond acceptors (Lipinski definition) is 4. The van der Waals surface area contributed by atoms with Gasteiger partial charge in [0.05, 0.1) is 18.1 Å².